The van der Waals surface area contributed by atoms with E-state index in [1.807, 2.05) is 57.3 Å². The van der Waals surface area contributed by atoms with Crippen molar-refractivity contribution in [3.8, 4) is 5.75 Å². The second kappa shape index (κ2) is 8.82. The number of fused-ring (bicyclic) bond motifs is 1. The Labute approximate surface area is 175 Å². The maximum atomic E-state index is 11.9. The second-order valence-electron chi connectivity index (χ2n) is 7.29. The van der Waals surface area contributed by atoms with E-state index in [-0.39, 0.29) is 17.7 Å². The molecule has 1 aliphatic rings. The van der Waals surface area contributed by atoms with Crippen molar-refractivity contribution in [2.24, 2.45) is 12.8 Å². The summed E-state index contributed by atoms with van der Waals surface area (Å²) in [4.78, 5) is 22.5. The molecule has 0 radical (unpaired) electrons. The SMILES string of the molecule is COc1cccc(C2CC(=O)Nc3c2c(C)nn3C)c1.Cc1cccc(C(N)=O)c1. The van der Waals surface area contributed by atoms with Crippen LogP contribution < -0.4 is 15.8 Å². The van der Waals surface area contributed by atoms with Crippen LogP contribution in [-0.2, 0) is 11.8 Å². The van der Waals surface area contributed by atoms with Gasteiger partial charge in [-0.05, 0) is 43.7 Å². The number of primary amides is 1. The van der Waals surface area contributed by atoms with Gasteiger partial charge in [-0.2, -0.15) is 5.10 Å². The molecule has 3 N–H and O–H groups in total. The molecule has 1 unspecified atom stereocenters. The van der Waals surface area contributed by atoms with Gasteiger partial charge in [0.25, 0.3) is 0 Å². The van der Waals surface area contributed by atoms with Gasteiger partial charge in [0.1, 0.15) is 11.6 Å². The molecule has 2 aromatic carbocycles. The monoisotopic (exact) mass is 406 g/mol. The Bertz CT molecular complexity index is 1090. The second-order valence-corrected chi connectivity index (χ2v) is 7.29. The van der Waals surface area contributed by atoms with Crippen molar-refractivity contribution < 1.29 is 14.3 Å². The summed E-state index contributed by atoms with van der Waals surface area (Å²) in [7, 11) is 3.49. The van der Waals surface area contributed by atoms with E-state index in [4.69, 9.17) is 10.5 Å². The number of carbonyl (C=O) groups is 2. The van der Waals surface area contributed by atoms with Gasteiger partial charge in [-0.15, -0.1) is 0 Å². The van der Waals surface area contributed by atoms with Crippen LogP contribution in [0.15, 0.2) is 48.5 Å². The number of ether oxygens (including phenoxy) is 1. The number of hydrogen-bond donors (Lipinski definition) is 2. The first kappa shape index (κ1) is 21.1. The molecule has 0 saturated heterocycles. The third-order valence-corrected chi connectivity index (χ3v) is 5.06. The Balaban J connectivity index is 0.000000216. The molecule has 1 aromatic heterocycles. The van der Waals surface area contributed by atoms with Crippen LogP contribution in [0.25, 0.3) is 0 Å². The lowest BCUT2D eigenvalue weighted by molar-refractivity contribution is -0.116. The number of rotatable bonds is 3. The molecule has 30 heavy (non-hydrogen) atoms. The first-order valence-corrected chi connectivity index (χ1v) is 9.64. The first-order valence-electron chi connectivity index (χ1n) is 9.64. The summed E-state index contributed by atoms with van der Waals surface area (Å²) in [6.07, 6.45) is 0.437. The number of nitrogens with one attached hydrogen (secondary N) is 1. The molecule has 4 rings (SSSR count). The quantitative estimate of drug-likeness (QED) is 0.697. The highest BCUT2D eigenvalue weighted by Gasteiger charge is 2.31. The number of methoxy groups -OCH3 is 1. The first-order chi connectivity index (χ1) is 14.3. The molecule has 2 heterocycles. The predicted octanol–water partition coefficient (Wildman–Crippen LogP) is 3.31. The maximum absolute atomic E-state index is 11.9. The molecule has 0 fully saturated rings. The van der Waals surface area contributed by atoms with Crippen LogP contribution in [-0.4, -0.2) is 28.7 Å². The molecule has 7 nitrogen and oxygen atoms in total. The molecule has 3 aromatic rings. The van der Waals surface area contributed by atoms with Crippen molar-refractivity contribution in [1.29, 1.82) is 0 Å². The van der Waals surface area contributed by atoms with E-state index >= 15 is 0 Å². The Kier molecular flexibility index (Phi) is 6.20. The minimum atomic E-state index is -0.372. The van der Waals surface area contributed by atoms with Crippen molar-refractivity contribution in [1.82, 2.24) is 9.78 Å². The normalized spacial score (nSPS) is 14.8. The van der Waals surface area contributed by atoms with E-state index in [0.29, 0.717) is 12.0 Å². The highest BCUT2D eigenvalue weighted by molar-refractivity contribution is 5.94. The lowest BCUT2D eigenvalue weighted by Gasteiger charge is -2.24. The average molecular weight is 406 g/mol. The van der Waals surface area contributed by atoms with Crippen LogP contribution in [0.5, 0.6) is 5.75 Å². The third kappa shape index (κ3) is 4.51. The topological polar surface area (TPSA) is 99.2 Å². The standard InChI is InChI=1S/C15H17N3O2.C8H9NO/c1-9-14-12(10-5-4-6-11(7-10)20-3)8-13(19)16-15(14)18(2)17-9;1-6-3-2-4-7(5-6)8(9)10/h4-7,12H,8H2,1-3H3,(H,16,19);2-5H,1H3,(H2,9,10). The number of aromatic nitrogens is 2. The fraction of sp³-hybridized carbons (Fsp3) is 0.261. The van der Waals surface area contributed by atoms with Crippen molar-refractivity contribution >= 4 is 17.6 Å². The average Bonchev–Trinajstić information content (AvgIpc) is 3.01. The molecule has 7 heteroatoms. The number of amides is 2. The number of benzene rings is 2. The van der Waals surface area contributed by atoms with Crippen molar-refractivity contribution in [3.05, 3.63) is 76.5 Å². The van der Waals surface area contributed by atoms with Gasteiger partial charge in [-0.3, -0.25) is 14.3 Å². The maximum Gasteiger partial charge on any atom is 0.248 e. The Morgan fingerprint density at radius 3 is 2.57 bits per heavy atom. The Hall–Kier alpha value is -3.61. The van der Waals surface area contributed by atoms with Crippen LogP contribution in [0.3, 0.4) is 0 Å². The summed E-state index contributed by atoms with van der Waals surface area (Å²) < 4.78 is 7.01. The summed E-state index contributed by atoms with van der Waals surface area (Å²) in [5, 5.41) is 7.32. The zero-order valence-corrected chi connectivity index (χ0v) is 17.6. The number of nitrogens with zero attached hydrogens (tertiary/aromatic N) is 2. The van der Waals surface area contributed by atoms with Crippen LogP contribution in [0.4, 0.5) is 5.82 Å². The minimum absolute atomic E-state index is 0.0216. The molecule has 1 atom stereocenters. The van der Waals surface area contributed by atoms with E-state index in [2.05, 4.69) is 10.4 Å². The van der Waals surface area contributed by atoms with Gasteiger partial charge in [0.05, 0.1) is 12.8 Å². The molecule has 0 aliphatic carbocycles. The fourth-order valence-electron chi connectivity index (χ4n) is 3.65. The van der Waals surface area contributed by atoms with Gasteiger partial charge in [-0.1, -0.05) is 29.8 Å². The highest BCUT2D eigenvalue weighted by Crippen LogP contribution is 2.39. The minimum Gasteiger partial charge on any atom is -0.497 e. The van der Waals surface area contributed by atoms with Crippen LogP contribution >= 0.6 is 0 Å². The van der Waals surface area contributed by atoms with Gasteiger partial charge in [0, 0.05) is 30.5 Å². The smallest absolute Gasteiger partial charge is 0.248 e. The van der Waals surface area contributed by atoms with E-state index < -0.39 is 0 Å². The van der Waals surface area contributed by atoms with Crippen LogP contribution in [0.2, 0.25) is 0 Å². The molecule has 1 aliphatic heterocycles. The van der Waals surface area contributed by atoms with Gasteiger partial charge in [-0.25, -0.2) is 0 Å². The van der Waals surface area contributed by atoms with Gasteiger partial charge in [0.2, 0.25) is 11.8 Å². The summed E-state index contributed by atoms with van der Waals surface area (Å²) >= 11 is 0. The predicted molar refractivity (Wildman–Crippen MR) is 116 cm³/mol. The molecule has 2 amide bonds. The Morgan fingerprint density at radius 2 is 1.93 bits per heavy atom. The third-order valence-electron chi connectivity index (χ3n) is 5.06. The summed E-state index contributed by atoms with van der Waals surface area (Å²) in [5.41, 5.74) is 9.80. The van der Waals surface area contributed by atoms with Crippen molar-refractivity contribution in [2.45, 2.75) is 26.2 Å². The zero-order chi connectivity index (χ0) is 21.8. The number of carbonyl (C=O) groups excluding carboxylic acids is 2. The van der Waals surface area contributed by atoms with Crippen molar-refractivity contribution in [3.63, 3.8) is 0 Å². The molecule has 156 valence electrons. The number of hydrogen-bond acceptors (Lipinski definition) is 4. The van der Waals surface area contributed by atoms with E-state index in [1.165, 1.54) is 0 Å². The number of nitrogens with two attached hydrogens (primary N) is 1. The summed E-state index contributed by atoms with van der Waals surface area (Å²) in [5.74, 6) is 1.28. The van der Waals surface area contributed by atoms with E-state index in [9.17, 15) is 9.59 Å². The molecular weight excluding hydrogens is 380 g/mol. The lowest BCUT2D eigenvalue weighted by Crippen LogP contribution is -2.24. The van der Waals surface area contributed by atoms with Crippen LogP contribution in [0.1, 0.15) is 45.1 Å². The Morgan fingerprint density at radius 1 is 1.20 bits per heavy atom. The molecule has 0 bridgehead atoms. The largest absolute Gasteiger partial charge is 0.497 e. The summed E-state index contributed by atoms with van der Waals surface area (Å²) in [6.45, 7) is 3.90. The van der Waals surface area contributed by atoms with Crippen molar-refractivity contribution in [2.75, 3.05) is 12.4 Å². The fourth-order valence-corrected chi connectivity index (χ4v) is 3.65. The van der Waals surface area contributed by atoms with Gasteiger partial charge < -0.3 is 15.8 Å². The van der Waals surface area contributed by atoms with Gasteiger partial charge in [0.15, 0.2) is 0 Å². The molecule has 0 spiro atoms. The summed E-state index contributed by atoms with van der Waals surface area (Å²) in [6, 6.07) is 15.1. The lowest BCUT2D eigenvalue weighted by atomic mass is 9.86. The van der Waals surface area contributed by atoms with Crippen LogP contribution in [0, 0.1) is 13.8 Å². The number of anilines is 1. The highest BCUT2D eigenvalue weighted by atomic mass is 16.5. The zero-order valence-electron chi connectivity index (χ0n) is 17.6. The van der Waals surface area contributed by atoms with Gasteiger partial charge >= 0.3 is 0 Å². The molecular formula is C23H26N4O3. The molecule has 0 saturated carbocycles. The number of aryl methyl sites for hydroxylation is 3. The van der Waals surface area contributed by atoms with E-state index in [1.54, 1.807) is 23.9 Å². The van der Waals surface area contributed by atoms with E-state index in [0.717, 1.165) is 34.0 Å².